The zero-order valence-corrected chi connectivity index (χ0v) is 13.4. The molecule has 4 heteroatoms. The third kappa shape index (κ3) is 3.21. The Bertz CT molecular complexity index is 808. The van der Waals surface area contributed by atoms with Crippen LogP contribution in [0.4, 0.5) is 10.5 Å². The van der Waals surface area contributed by atoms with E-state index in [1.54, 1.807) is 0 Å². The number of para-hydroxylation sites is 1. The number of aromatic nitrogens is 1. The van der Waals surface area contributed by atoms with Crippen LogP contribution in [0.1, 0.15) is 25.5 Å². The highest BCUT2D eigenvalue weighted by molar-refractivity contribution is 6.01. The normalized spacial score (nSPS) is 12.1. The molecule has 23 heavy (non-hydrogen) atoms. The molecule has 0 saturated carbocycles. The van der Waals surface area contributed by atoms with Crippen LogP contribution >= 0.6 is 0 Å². The van der Waals surface area contributed by atoms with Crippen molar-refractivity contribution >= 4 is 22.6 Å². The smallest absolute Gasteiger partial charge is 0.319 e. The highest BCUT2D eigenvalue weighted by atomic mass is 16.2. The fraction of sp³-hybridized carbons (Fsp3) is 0.211. The molecule has 1 aromatic heterocycles. The maximum Gasteiger partial charge on any atom is 0.319 e. The first-order chi connectivity index (χ1) is 11.2. The van der Waals surface area contributed by atoms with E-state index in [-0.39, 0.29) is 12.1 Å². The SMILES string of the molecule is CCn1cc(NC(=O)NC(C)c2ccccc2)c2ccccc21. The molecule has 1 heterocycles. The molecule has 2 amide bonds. The van der Waals surface area contributed by atoms with Crippen LogP contribution < -0.4 is 10.6 Å². The van der Waals surface area contributed by atoms with Gasteiger partial charge in [0.25, 0.3) is 0 Å². The summed E-state index contributed by atoms with van der Waals surface area (Å²) in [6.07, 6.45) is 1.98. The highest BCUT2D eigenvalue weighted by Gasteiger charge is 2.12. The zero-order chi connectivity index (χ0) is 16.2. The van der Waals surface area contributed by atoms with Gasteiger partial charge in [-0.15, -0.1) is 0 Å². The Morgan fingerprint density at radius 1 is 1.09 bits per heavy atom. The van der Waals surface area contributed by atoms with E-state index in [0.717, 1.165) is 28.7 Å². The molecule has 0 bridgehead atoms. The number of urea groups is 1. The number of amides is 2. The first-order valence-corrected chi connectivity index (χ1v) is 7.89. The van der Waals surface area contributed by atoms with E-state index in [9.17, 15) is 4.79 Å². The molecule has 1 atom stereocenters. The second-order valence-corrected chi connectivity index (χ2v) is 5.58. The van der Waals surface area contributed by atoms with E-state index in [0.29, 0.717) is 0 Å². The molecule has 0 aliphatic rings. The van der Waals surface area contributed by atoms with Gasteiger partial charge in [0.05, 0.1) is 17.2 Å². The van der Waals surface area contributed by atoms with Crippen LogP contribution in [0.15, 0.2) is 60.8 Å². The number of benzene rings is 2. The van der Waals surface area contributed by atoms with Crippen molar-refractivity contribution in [3.05, 3.63) is 66.4 Å². The number of carbonyl (C=O) groups excluding carboxylic acids is 1. The summed E-state index contributed by atoms with van der Waals surface area (Å²) in [4.78, 5) is 12.3. The largest absolute Gasteiger partial charge is 0.346 e. The van der Waals surface area contributed by atoms with Crippen molar-refractivity contribution in [3.8, 4) is 0 Å². The van der Waals surface area contributed by atoms with Gasteiger partial charge in [0.2, 0.25) is 0 Å². The van der Waals surface area contributed by atoms with Crippen LogP contribution in [-0.2, 0) is 6.54 Å². The summed E-state index contributed by atoms with van der Waals surface area (Å²) in [5.41, 5.74) is 3.04. The van der Waals surface area contributed by atoms with Gasteiger partial charge in [-0.3, -0.25) is 0 Å². The van der Waals surface area contributed by atoms with Crippen molar-refractivity contribution in [2.45, 2.75) is 26.4 Å². The van der Waals surface area contributed by atoms with Crippen LogP contribution in [-0.4, -0.2) is 10.6 Å². The van der Waals surface area contributed by atoms with E-state index in [1.807, 2.05) is 61.7 Å². The fourth-order valence-electron chi connectivity index (χ4n) is 2.79. The molecular formula is C19H21N3O. The lowest BCUT2D eigenvalue weighted by Crippen LogP contribution is -2.31. The van der Waals surface area contributed by atoms with Crippen LogP contribution in [0.25, 0.3) is 10.9 Å². The van der Waals surface area contributed by atoms with Gasteiger partial charge in [0.1, 0.15) is 0 Å². The zero-order valence-electron chi connectivity index (χ0n) is 13.4. The number of nitrogens with one attached hydrogen (secondary N) is 2. The number of fused-ring (bicyclic) bond motifs is 1. The van der Waals surface area contributed by atoms with E-state index in [2.05, 4.69) is 28.2 Å². The van der Waals surface area contributed by atoms with Crippen LogP contribution in [0, 0.1) is 0 Å². The average Bonchev–Trinajstić information content (AvgIpc) is 2.93. The Balaban J connectivity index is 1.76. The summed E-state index contributed by atoms with van der Waals surface area (Å²) < 4.78 is 2.13. The predicted octanol–water partition coefficient (Wildman–Crippen LogP) is 4.54. The molecule has 0 fully saturated rings. The number of hydrogen-bond acceptors (Lipinski definition) is 1. The molecule has 2 aromatic carbocycles. The third-order valence-electron chi connectivity index (χ3n) is 4.02. The Morgan fingerprint density at radius 3 is 2.52 bits per heavy atom. The second kappa shape index (κ2) is 6.57. The monoisotopic (exact) mass is 307 g/mol. The number of nitrogens with zero attached hydrogens (tertiary/aromatic N) is 1. The van der Waals surface area contributed by atoms with E-state index in [4.69, 9.17) is 0 Å². The summed E-state index contributed by atoms with van der Waals surface area (Å²) in [6.45, 7) is 4.93. The van der Waals surface area contributed by atoms with Crippen molar-refractivity contribution in [2.24, 2.45) is 0 Å². The number of carbonyl (C=O) groups is 1. The van der Waals surface area contributed by atoms with Crippen molar-refractivity contribution in [1.82, 2.24) is 9.88 Å². The minimum atomic E-state index is -0.194. The first-order valence-electron chi connectivity index (χ1n) is 7.89. The molecule has 118 valence electrons. The standard InChI is InChI=1S/C19H21N3O/c1-3-22-13-17(16-11-7-8-12-18(16)22)21-19(23)20-14(2)15-9-5-4-6-10-15/h4-14H,3H2,1-2H3,(H2,20,21,23). The summed E-state index contributed by atoms with van der Waals surface area (Å²) in [7, 11) is 0. The van der Waals surface area contributed by atoms with E-state index in [1.165, 1.54) is 0 Å². The van der Waals surface area contributed by atoms with Gasteiger partial charge in [-0.25, -0.2) is 4.79 Å². The fourth-order valence-corrected chi connectivity index (χ4v) is 2.79. The number of anilines is 1. The van der Waals surface area contributed by atoms with Gasteiger partial charge in [-0.1, -0.05) is 48.5 Å². The molecule has 0 saturated heterocycles. The first kappa shape index (κ1) is 15.2. The predicted molar refractivity (Wildman–Crippen MR) is 94.6 cm³/mol. The minimum absolute atomic E-state index is 0.0456. The molecule has 0 aliphatic carbocycles. The van der Waals surface area contributed by atoms with E-state index < -0.39 is 0 Å². The number of hydrogen-bond donors (Lipinski definition) is 2. The topological polar surface area (TPSA) is 46.1 Å². The number of rotatable bonds is 4. The lowest BCUT2D eigenvalue weighted by molar-refractivity contribution is 0.249. The Kier molecular flexibility index (Phi) is 4.33. The summed E-state index contributed by atoms with van der Waals surface area (Å²) in [5.74, 6) is 0. The molecule has 3 rings (SSSR count). The highest BCUT2D eigenvalue weighted by Crippen LogP contribution is 2.25. The Morgan fingerprint density at radius 2 is 1.78 bits per heavy atom. The lowest BCUT2D eigenvalue weighted by atomic mass is 10.1. The molecule has 1 unspecified atom stereocenters. The van der Waals surface area contributed by atoms with Gasteiger partial charge in [0.15, 0.2) is 0 Å². The van der Waals surface area contributed by atoms with Gasteiger partial charge in [-0.2, -0.15) is 0 Å². The maximum atomic E-state index is 12.3. The molecule has 4 nitrogen and oxygen atoms in total. The Hall–Kier alpha value is -2.75. The molecule has 0 spiro atoms. The summed E-state index contributed by atoms with van der Waals surface area (Å²) in [6, 6.07) is 17.8. The summed E-state index contributed by atoms with van der Waals surface area (Å²) in [5, 5.41) is 7.00. The molecule has 2 N–H and O–H groups in total. The van der Waals surface area contributed by atoms with Gasteiger partial charge in [-0.05, 0) is 25.5 Å². The minimum Gasteiger partial charge on any atom is -0.346 e. The van der Waals surface area contributed by atoms with Crippen molar-refractivity contribution in [1.29, 1.82) is 0 Å². The lowest BCUT2D eigenvalue weighted by Gasteiger charge is -2.14. The van der Waals surface area contributed by atoms with Gasteiger partial charge < -0.3 is 15.2 Å². The van der Waals surface area contributed by atoms with Crippen molar-refractivity contribution in [2.75, 3.05) is 5.32 Å². The second-order valence-electron chi connectivity index (χ2n) is 5.58. The maximum absolute atomic E-state index is 12.3. The molecule has 0 aliphatic heterocycles. The number of aryl methyl sites for hydroxylation is 1. The molecular weight excluding hydrogens is 286 g/mol. The third-order valence-corrected chi connectivity index (χ3v) is 4.02. The van der Waals surface area contributed by atoms with Crippen molar-refractivity contribution in [3.63, 3.8) is 0 Å². The van der Waals surface area contributed by atoms with Crippen LogP contribution in [0.3, 0.4) is 0 Å². The van der Waals surface area contributed by atoms with E-state index >= 15 is 0 Å². The van der Waals surface area contributed by atoms with Crippen LogP contribution in [0.2, 0.25) is 0 Å². The van der Waals surface area contributed by atoms with Crippen molar-refractivity contribution < 1.29 is 4.79 Å². The summed E-state index contributed by atoms with van der Waals surface area (Å²) >= 11 is 0. The van der Waals surface area contributed by atoms with Crippen LogP contribution in [0.5, 0.6) is 0 Å². The van der Waals surface area contributed by atoms with Gasteiger partial charge >= 0.3 is 6.03 Å². The quantitative estimate of drug-likeness (QED) is 0.730. The Labute approximate surface area is 136 Å². The van der Waals surface area contributed by atoms with Gasteiger partial charge in [0, 0.05) is 18.1 Å². The molecule has 3 aromatic rings. The molecule has 0 radical (unpaired) electrons. The average molecular weight is 307 g/mol.